The predicted molar refractivity (Wildman–Crippen MR) is 98.2 cm³/mol. The van der Waals surface area contributed by atoms with E-state index >= 15 is 0 Å². The van der Waals surface area contributed by atoms with E-state index in [2.05, 4.69) is 0 Å². The van der Waals surface area contributed by atoms with Crippen LogP contribution in [0.1, 0.15) is 29.4 Å². The first-order valence-electron chi connectivity index (χ1n) is 9.04. The highest BCUT2D eigenvalue weighted by Crippen LogP contribution is 2.39. The molecule has 1 amide bonds. The number of nitrogens with zero attached hydrogens (tertiary/aromatic N) is 1. The number of hydrogen-bond donors (Lipinski definition) is 1. The van der Waals surface area contributed by atoms with Crippen LogP contribution < -0.4 is 5.73 Å². The average Bonchev–Trinajstić information content (AvgIpc) is 3.11. The van der Waals surface area contributed by atoms with E-state index in [9.17, 15) is 18.0 Å². The molecule has 0 saturated carbocycles. The van der Waals surface area contributed by atoms with Crippen molar-refractivity contribution in [3.05, 3.63) is 71.8 Å². The van der Waals surface area contributed by atoms with E-state index in [-0.39, 0.29) is 17.4 Å². The summed E-state index contributed by atoms with van der Waals surface area (Å²) in [6, 6.07) is 17.3. The Kier molecular flexibility index (Phi) is 5.85. The Bertz CT molecular complexity index is 749. The van der Waals surface area contributed by atoms with Gasteiger partial charge in [0, 0.05) is 25.4 Å². The molecule has 27 heavy (non-hydrogen) atoms. The van der Waals surface area contributed by atoms with Gasteiger partial charge in [-0.3, -0.25) is 4.79 Å². The average molecular weight is 376 g/mol. The Labute approximate surface area is 157 Å². The molecule has 3 nitrogen and oxygen atoms in total. The molecule has 1 aliphatic heterocycles. The molecule has 2 N–H and O–H groups in total. The van der Waals surface area contributed by atoms with Gasteiger partial charge in [-0.1, -0.05) is 60.7 Å². The van der Waals surface area contributed by atoms with Crippen LogP contribution >= 0.6 is 0 Å². The Morgan fingerprint density at radius 3 is 2.19 bits per heavy atom. The van der Waals surface area contributed by atoms with Crippen LogP contribution in [0.25, 0.3) is 0 Å². The molecule has 0 radical (unpaired) electrons. The Morgan fingerprint density at radius 2 is 1.63 bits per heavy atom. The molecular formula is C21H23F3N2O. The van der Waals surface area contributed by atoms with Gasteiger partial charge in [-0.25, -0.2) is 0 Å². The summed E-state index contributed by atoms with van der Waals surface area (Å²) < 4.78 is 40.6. The lowest BCUT2D eigenvalue weighted by atomic mass is 9.89. The first-order chi connectivity index (χ1) is 12.9. The van der Waals surface area contributed by atoms with Crippen molar-refractivity contribution in [3.8, 4) is 0 Å². The summed E-state index contributed by atoms with van der Waals surface area (Å²) in [5.74, 6) is -2.16. The molecule has 0 aromatic heterocycles. The minimum Gasteiger partial charge on any atom is -0.342 e. The first-order valence-corrected chi connectivity index (χ1v) is 9.04. The number of benzene rings is 2. The standard InChI is InChI=1S/C21H23F3N2O/c22-21(23,24)19(16-9-5-2-6-10-16)11-20(27)26-13-17(12-25)18(14-26)15-7-3-1-4-8-15/h1-10,17-19H,11-14,25H2/t17-,18+,19?/m1/s1. The van der Waals surface area contributed by atoms with Crippen LogP contribution in [-0.2, 0) is 4.79 Å². The van der Waals surface area contributed by atoms with Gasteiger partial charge in [0.05, 0.1) is 5.92 Å². The quantitative estimate of drug-likeness (QED) is 0.860. The zero-order valence-electron chi connectivity index (χ0n) is 14.9. The highest BCUT2D eigenvalue weighted by Gasteiger charge is 2.44. The number of likely N-dealkylation sites (tertiary alicyclic amines) is 1. The number of alkyl halides is 3. The summed E-state index contributed by atoms with van der Waals surface area (Å²) in [5.41, 5.74) is 7.05. The number of nitrogens with two attached hydrogens (primary N) is 1. The zero-order valence-corrected chi connectivity index (χ0v) is 14.9. The molecule has 1 saturated heterocycles. The SMILES string of the molecule is NC[C@@H]1CN(C(=O)CC(c2ccccc2)C(F)(F)F)C[C@H]1c1ccccc1. The van der Waals surface area contributed by atoms with Gasteiger partial charge < -0.3 is 10.6 Å². The molecule has 1 fully saturated rings. The van der Waals surface area contributed by atoms with Crippen LogP contribution in [-0.4, -0.2) is 36.6 Å². The normalized spacial score (nSPS) is 21.3. The number of carbonyl (C=O) groups is 1. The van der Waals surface area contributed by atoms with Gasteiger partial charge in [0.2, 0.25) is 5.91 Å². The fourth-order valence-corrected chi connectivity index (χ4v) is 3.80. The van der Waals surface area contributed by atoms with Crippen molar-refractivity contribution in [3.63, 3.8) is 0 Å². The van der Waals surface area contributed by atoms with Gasteiger partial charge in [0.1, 0.15) is 0 Å². The van der Waals surface area contributed by atoms with Gasteiger partial charge in [-0.15, -0.1) is 0 Å². The highest BCUT2D eigenvalue weighted by atomic mass is 19.4. The maximum Gasteiger partial charge on any atom is 0.396 e. The minimum atomic E-state index is -4.47. The molecule has 0 spiro atoms. The molecule has 6 heteroatoms. The Balaban J connectivity index is 1.75. The number of amides is 1. The fraction of sp³-hybridized carbons (Fsp3) is 0.381. The summed E-state index contributed by atoms with van der Waals surface area (Å²) in [5, 5.41) is 0. The van der Waals surface area contributed by atoms with E-state index in [1.807, 2.05) is 30.3 Å². The smallest absolute Gasteiger partial charge is 0.342 e. The Morgan fingerprint density at radius 1 is 1.04 bits per heavy atom. The third kappa shape index (κ3) is 4.50. The largest absolute Gasteiger partial charge is 0.396 e. The summed E-state index contributed by atoms with van der Waals surface area (Å²) in [6.07, 6.45) is -5.05. The second-order valence-electron chi connectivity index (χ2n) is 7.02. The van der Waals surface area contributed by atoms with E-state index < -0.39 is 24.4 Å². The second kappa shape index (κ2) is 8.13. The number of hydrogen-bond acceptors (Lipinski definition) is 2. The molecular weight excluding hydrogens is 353 g/mol. The molecule has 2 aromatic carbocycles. The molecule has 3 rings (SSSR count). The van der Waals surface area contributed by atoms with Crippen LogP contribution in [0.5, 0.6) is 0 Å². The maximum absolute atomic E-state index is 13.5. The molecule has 0 aliphatic carbocycles. The third-order valence-corrected chi connectivity index (χ3v) is 5.30. The molecule has 1 unspecified atom stereocenters. The fourth-order valence-electron chi connectivity index (χ4n) is 3.80. The number of carbonyl (C=O) groups excluding carboxylic acids is 1. The monoisotopic (exact) mass is 376 g/mol. The topological polar surface area (TPSA) is 46.3 Å². The van der Waals surface area contributed by atoms with E-state index in [0.717, 1.165) is 5.56 Å². The molecule has 1 heterocycles. The van der Waals surface area contributed by atoms with Gasteiger partial charge in [-0.2, -0.15) is 13.2 Å². The van der Waals surface area contributed by atoms with E-state index in [4.69, 9.17) is 5.73 Å². The second-order valence-corrected chi connectivity index (χ2v) is 7.02. The van der Waals surface area contributed by atoms with Crippen molar-refractivity contribution in [1.29, 1.82) is 0 Å². The van der Waals surface area contributed by atoms with Crippen LogP contribution in [0.15, 0.2) is 60.7 Å². The minimum absolute atomic E-state index is 0.0532. The van der Waals surface area contributed by atoms with Crippen molar-refractivity contribution >= 4 is 5.91 Å². The number of rotatable bonds is 5. The summed E-state index contributed by atoms with van der Waals surface area (Å²) in [4.78, 5) is 14.2. The highest BCUT2D eigenvalue weighted by molar-refractivity contribution is 5.77. The summed E-state index contributed by atoms with van der Waals surface area (Å²) in [6.45, 7) is 1.20. The lowest BCUT2D eigenvalue weighted by molar-refractivity contribution is -0.160. The van der Waals surface area contributed by atoms with Crippen molar-refractivity contribution in [2.45, 2.75) is 24.4 Å². The predicted octanol–water partition coefficient (Wildman–Crippen LogP) is 3.92. The molecule has 1 aliphatic rings. The van der Waals surface area contributed by atoms with E-state index in [0.29, 0.717) is 19.6 Å². The first kappa shape index (κ1) is 19.4. The van der Waals surface area contributed by atoms with Gasteiger partial charge >= 0.3 is 6.18 Å². The lowest BCUT2D eigenvalue weighted by Crippen LogP contribution is -2.34. The van der Waals surface area contributed by atoms with Crippen LogP contribution in [0.2, 0.25) is 0 Å². The van der Waals surface area contributed by atoms with Crippen molar-refractivity contribution in [2.24, 2.45) is 11.7 Å². The van der Waals surface area contributed by atoms with Crippen molar-refractivity contribution < 1.29 is 18.0 Å². The van der Waals surface area contributed by atoms with Crippen molar-refractivity contribution in [2.75, 3.05) is 19.6 Å². The number of halogens is 3. The van der Waals surface area contributed by atoms with Crippen molar-refractivity contribution in [1.82, 2.24) is 4.90 Å². The maximum atomic E-state index is 13.5. The van der Waals surface area contributed by atoms with Crippen LogP contribution in [0.3, 0.4) is 0 Å². The summed E-state index contributed by atoms with van der Waals surface area (Å²) in [7, 11) is 0. The molecule has 3 atom stereocenters. The zero-order chi connectivity index (χ0) is 19.4. The molecule has 144 valence electrons. The third-order valence-electron chi connectivity index (χ3n) is 5.30. The van der Waals surface area contributed by atoms with E-state index in [1.54, 1.807) is 18.2 Å². The Hall–Kier alpha value is -2.34. The summed E-state index contributed by atoms with van der Waals surface area (Å²) >= 11 is 0. The van der Waals surface area contributed by atoms with Crippen LogP contribution in [0.4, 0.5) is 13.2 Å². The van der Waals surface area contributed by atoms with E-state index in [1.165, 1.54) is 17.0 Å². The van der Waals surface area contributed by atoms with Crippen LogP contribution in [0, 0.1) is 5.92 Å². The van der Waals surface area contributed by atoms with Gasteiger partial charge in [-0.05, 0) is 23.6 Å². The molecule has 0 bridgehead atoms. The van der Waals surface area contributed by atoms with Gasteiger partial charge in [0.25, 0.3) is 0 Å². The lowest BCUT2D eigenvalue weighted by Gasteiger charge is -2.24. The molecule has 2 aromatic rings. The van der Waals surface area contributed by atoms with Gasteiger partial charge in [0.15, 0.2) is 0 Å².